The maximum atomic E-state index is 12.7. The third-order valence-electron chi connectivity index (χ3n) is 4.31. The van der Waals surface area contributed by atoms with Gasteiger partial charge < -0.3 is 16.4 Å². The molecule has 0 aliphatic heterocycles. The fraction of sp³-hybridized carbons (Fsp3) is 0.300. The van der Waals surface area contributed by atoms with Gasteiger partial charge in [-0.25, -0.2) is 4.79 Å². The van der Waals surface area contributed by atoms with Crippen LogP contribution in [0.15, 0.2) is 53.6 Å². The number of nitrogens with zero attached hydrogens (tertiary/aromatic N) is 3. The Labute approximate surface area is 173 Å². The lowest BCUT2D eigenvalue weighted by Crippen LogP contribution is -2.36. The normalized spacial score (nSPS) is 12.1. The van der Waals surface area contributed by atoms with E-state index in [0.717, 1.165) is 10.5 Å². The molecule has 3 amide bonds. The molecule has 0 fully saturated rings. The van der Waals surface area contributed by atoms with E-state index < -0.39 is 0 Å². The lowest BCUT2D eigenvalue weighted by molar-refractivity contribution is -0.117. The van der Waals surface area contributed by atoms with Gasteiger partial charge in [0.2, 0.25) is 5.91 Å². The van der Waals surface area contributed by atoms with Gasteiger partial charge in [-0.2, -0.15) is 0 Å². The number of fused-ring (bicyclic) bond motifs is 1. The van der Waals surface area contributed by atoms with Gasteiger partial charge in [0.25, 0.3) is 0 Å². The Hall–Kier alpha value is -3.07. The minimum atomic E-state index is -0.346. The number of thioether (sulfide) groups is 1. The highest BCUT2D eigenvalue weighted by Crippen LogP contribution is 2.28. The summed E-state index contributed by atoms with van der Waals surface area (Å²) in [5.74, 6) is 0.986. The molecule has 29 heavy (non-hydrogen) atoms. The SMILES string of the molecule is CC(C)C(NC(=O)Nc1ccccc1SCCC(N)=O)c1nnc2ccccn12. The fourth-order valence-corrected chi connectivity index (χ4v) is 3.83. The van der Waals surface area contributed by atoms with E-state index in [-0.39, 0.29) is 30.3 Å². The highest BCUT2D eigenvalue weighted by Gasteiger charge is 2.24. The van der Waals surface area contributed by atoms with Crippen molar-refractivity contribution in [3.63, 3.8) is 0 Å². The summed E-state index contributed by atoms with van der Waals surface area (Å²) in [4.78, 5) is 24.6. The van der Waals surface area contributed by atoms with Crippen LogP contribution in [-0.2, 0) is 4.79 Å². The van der Waals surface area contributed by atoms with E-state index in [2.05, 4.69) is 20.8 Å². The summed E-state index contributed by atoms with van der Waals surface area (Å²) in [6, 6.07) is 12.5. The molecule has 0 saturated heterocycles. The second-order valence-electron chi connectivity index (χ2n) is 6.87. The number of carbonyl (C=O) groups is 2. The molecule has 152 valence electrons. The second-order valence-corrected chi connectivity index (χ2v) is 8.00. The number of urea groups is 1. The summed E-state index contributed by atoms with van der Waals surface area (Å²) in [5, 5.41) is 14.4. The zero-order chi connectivity index (χ0) is 20.8. The molecule has 2 heterocycles. The van der Waals surface area contributed by atoms with Crippen molar-refractivity contribution in [1.82, 2.24) is 19.9 Å². The maximum Gasteiger partial charge on any atom is 0.319 e. The van der Waals surface area contributed by atoms with Crippen molar-refractivity contribution < 1.29 is 9.59 Å². The third kappa shape index (κ3) is 5.26. The van der Waals surface area contributed by atoms with Crippen LogP contribution in [0.4, 0.5) is 10.5 Å². The Morgan fingerprint density at radius 1 is 1.14 bits per heavy atom. The summed E-state index contributed by atoms with van der Waals surface area (Å²) >= 11 is 1.47. The molecular formula is C20H24N6O2S. The Balaban J connectivity index is 1.73. The molecule has 3 aromatic rings. The number of anilines is 1. The van der Waals surface area contributed by atoms with Crippen LogP contribution >= 0.6 is 11.8 Å². The van der Waals surface area contributed by atoms with Crippen molar-refractivity contribution in [3.05, 3.63) is 54.5 Å². The molecule has 0 bridgehead atoms. The second kappa shape index (κ2) is 9.42. The van der Waals surface area contributed by atoms with E-state index in [1.54, 1.807) is 0 Å². The maximum absolute atomic E-state index is 12.7. The predicted molar refractivity (Wildman–Crippen MR) is 114 cm³/mol. The van der Waals surface area contributed by atoms with Gasteiger partial charge >= 0.3 is 6.03 Å². The van der Waals surface area contributed by atoms with Gasteiger partial charge in [-0.05, 0) is 30.2 Å². The monoisotopic (exact) mass is 412 g/mol. The summed E-state index contributed by atoms with van der Waals surface area (Å²) in [7, 11) is 0. The van der Waals surface area contributed by atoms with Crippen LogP contribution < -0.4 is 16.4 Å². The van der Waals surface area contributed by atoms with Crippen LogP contribution in [0.2, 0.25) is 0 Å². The molecule has 4 N–H and O–H groups in total. The first-order valence-corrected chi connectivity index (χ1v) is 10.3. The number of para-hydroxylation sites is 1. The quantitative estimate of drug-likeness (QED) is 0.492. The predicted octanol–water partition coefficient (Wildman–Crippen LogP) is 3.22. The number of pyridine rings is 1. The first kappa shape index (κ1) is 20.7. The molecule has 2 aromatic heterocycles. The van der Waals surface area contributed by atoms with Crippen LogP contribution in [0.25, 0.3) is 5.65 Å². The Morgan fingerprint density at radius 2 is 1.90 bits per heavy atom. The molecule has 0 radical (unpaired) electrons. The zero-order valence-corrected chi connectivity index (χ0v) is 17.1. The first-order valence-electron chi connectivity index (χ1n) is 9.33. The van der Waals surface area contributed by atoms with E-state index in [0.29, 0.717) is 17.3 Å². The Bertz CT molecular complexity index is 1000. The van der Waals surface area contributed by atoms with Crippen molar-refractivity contribution in [2.75, 3.05) is 11.1 Å². The molecule has 1 atom stereocenters. The number of hydrogen-bond acceptors (Lipinski definition) is 5. The Morgan fingerprint density at radius 3 is 2.66 bits per heavy atom. The molecule has 8 nitrogen and oxygen atoms in total. The molecule has 3 rings (SSSR count). The van der Waals surface area contributed by atoms with Gasteiger partial charge in [-0.3, -0.25) is 9.20 Å². The van der Waals surface area contributed by atoms with Gasteiger partial charge in [0, 0.05) is 23.3 Å². The third-order valence-corrected chi connectivity index (χ3v) is 5.39. The number of rotatable bonds is 8. The van der Waals surface area contributed by atoms with E-state index >= 15 is 0 Å². The number of carbonyl (C=O) groups excluding carboxylic acids is 2. The van der Waals surface area contributed by atoms with E-state index in [1.165, 1.54) is 11.8 Å². The van der Waals surface area contributed by atoms with Crippen molar-refractivity contribution in [1.29, 1.82) is 0 Å². The van der Waals surface area contributed by atoms with Gasteiger partial charge in [0.1, 0.15) is 0 Å². The van der Waals surface area contributed by atoms with Crippen LogP contribution in [0.5, 0.6) is 0 Å². The highest BCUT2D eigenvalue weighted by molar-refractivity contribution is 7.99. The van der Waals surface area contributed by atoms with Gasteiger partial charge in [0.05, 0.1) is 11.7 Å². The smallest absolute Gasteiger partial charge is 0.319 e. The van der Waals surface area contributed by atoms with E-state index in [9.17, 15) is 9.59 Å². The van der Waals surface area contributed by atoms with Crippen LogP contribution in [-0.4, -0.2) is 32.3 Å². The Kier molecular flexibility index (Phi) is 6.71. The van der Waals surface area contributed by atoms with Gasteiger partial charge in [-0.15, -0.1) is 22.0 Å². The topological polar surface area (TPSA) is 114 Å². The average Bonchev–Trinajstić information content (AvgIpc) is 3.11. The van der Waals surface area contributed by atoms with Crippen molar-refractivity contribution in [3.8, 4) is 0 Å². The minimum absolute atomic E-state index is 0.105. The van der Waals surface area contributed by atoms with Crippen molar-refractivity contribution >= 4 is 35.0 Å². The molecule has 9 heteroatoms. The van der Waals surface area contributed by atoms with Gasteiger partial charge in [0.15, 0.2) is 11.5 Å². The molecule has 1 aromatic carbocycles. The summed E-state index contributed by atoms with van der Waals surface area (Å²) in [6.45, 7) is 4.03. The minimum Gasteiger partial charge on any atom is -0.370 e. The first-order chi connectivity index (χ1) is 14.0. The molecule has 1 unspecified atom stereocenters. The molecular weight excluding hydrogens is 388 g/mol. The standard InChI is InChI=1S/C20H24N6O2S/c1-13(2)18(19-25-24-17-9-5-6-11-26(17)19)23-20(28)22-14-7-3-4-8-15(14)29-12-10-16(21)27/h3-9,11,13,18H,10,12H2,1-2H3,(H2,21,27)(H2,22,23,28). The van der Waals surface area contributed by atoms with Crippen LogP contribution in [0.3, 0.4) is 0 Å². The number of benzene rings is 1. The zero-order valence-electron chi connectivity index (χ0n) is 16.3. The summed E-state index contributed by atoms with van der Waals surface area (Å²) in [5.41, 5.74) is 6.60. The molecule has 0 saturated carbocycles. The van der Waals surface area contributed by atoms with E-state index in [1.807, 2.05) is 66.9 Å². The number of nitrogens with one attached hydrogen (secondary N) is 2. The number of aromatic nitrogens is 3. The highest BCUT2D eigenvalue weighted by atomic mass is 32.2. The van der Waals surface area contributed by atoms with Crippen LogP contribution in [0, 0.1) is 5.92 Å². The number of hydrogen-bond donors (Lipinski definition) is 3. The lowest BCUT2D eigenvalue weighted by atomic mass is 10.0. The number of amides is 3. The molecule has 0 spiro atoms. The molecule has 0 aliphatic carbocycles. The average molecular weight is 413 g/mol. The fourth-order valence-electron chi connectivity index (χ4n) is 2.86. The van der Waals surface area contributed by atoms with E-state index in [4.69, 9.17) is 5.73 Å². The van der Waals surface area contributed by atoms with Crippen LogP contribution in [0.1, 0.15) is 32.1 Å². The van der Waals surface area contributed by atoms with Crippen molar-refractivity contribution in [2.24, 2.45) is 11.7 Å². The van der Waals surface area contributed by atoms with Crippen molar-refractivity contribution in [2.45, 2.75) is 31.2 Å². The van der Waals surface area contributed by atoms with Gasteiger partial charge in [-0.1, -0.05) is 32.0 Å². The largest absolute Gasteiger partial charge is 0.370 e. The number of nitrogens with two attached hydrogens (primary N) is 1. The molecule has 0 aliphatic rings. The number of primary amides is 1. The summed E-state index contributed by atoms with van der Waals surface area (Å²) in [6.07, 6.45) is 2.16. The summed E-state index contributed by atoms with van der Waals surface area (Å²) < 4.78 is 1.87. The lowest BCUT2D eigenvalue weighted by Gasteiger charge is -2.21.